The van der Waals surface area contributed by atoms with Gasteiger partial charge in [-0.25, -0.2) is 0 Å². The molecule has 0 saturated heterocycles. The second kappa shape index (κ2) is 6.33. The number of benzene rings is 2. The number of nitrogens with zero attached hydrogens (tertiary/aromatic N) is 1. The Balaban J connectivity index is 2.21. The lowest BCUT2D eigenvalue weighted by atomic mass is 10.0. The maximum Gasteiger partial charge on any atom is 0.0643 e. The highest BCUT2D eigenvalue weighted by atomic mass is 14.7. The first-order chi connectivity index (χ1) is 9.20. The van der Waals surface area contributed by atoms with Gasteiger partial charge < -0.3 is 0 Å². The van der Waals surface area contributed by atoms with E-state index in [2.05, 4.69) is 63.2 Å². The van der Waals surface area contributed by atoms with Crippen LogP contribution in [0.15, 0.2) is 53.5 Å². The molecule has 2 rings (SSSR count). The number of hydrogen-bond donors (Lipinski definition) is 0. The summed E-state index contributed by atoms with van der Waals surface area (Å²) in [5.41, 5.74) is 6.37. The molecule has 0 aliphatic carbocycles. The third kappa shape index (κ3) is 3.54. The molecule has 0 amide bonds. The summed E-state index contributed by atoms with van der Waals surface area (Å²) in [7, 11) is 0. The van der Waals surface area contributed by atoms with Crippen molar-refractivity contribution in [2.24, 2.45) is 4.99 Å². The Hall–Kier alpha value is -1.89. The fourth-order valence-electron chi connectivity index (χ4n) is 2.10. The number of aliphatic imine (C=N–C) groups is 1. The van der Waals surface area contributed by atoms with Gasteiger partial charge in [0.15, 0.2) is 0 Å². The van der Waals surface area contributed by atoms with Gasteiger partial charge in [-0.2, -0.15) is 0 Å². The molecule has 0 heterocycles. The zero-order valence-corrected chi connectivity index (χ0v) is 12.0. The van der Waals surface area contributed by atoms with Gasteiger partial charge in [-0.3, -0.25) is 4.99 Å². The molecule has 19 heavy (non-hydrogen) atoms. The lowest BCUT2D eigenvalue weighted by molar-refractivity contribution is 1.05. The maximum atomic E-state index is 4.77. The zero-order chi connectivity index (χ0) is 13.7. The van der Waals surface area contributed by atoms with Crippen molar-refractivity contribution in [2.75, 3.05) is 0 Å². The van der Waals surface area contributed by atoms with Crippen LogP contribution in [0.2, 0.25) is 0 Å². The van der Waals surface area contributed by atoms with E-state index < -0.39 is 0 Å². The minimum atomic E-state index is 0.761. The molecule has 0 N–H and O–H groups in total. The average molecular weight is 251 g/mol. The molecule has 0 fully saturated rings. The van der Waals surface area contributed by atoms with Crippen LogP contribution in [0, 0.1) is 13.8 Å². The van der Waals surface area contributed by atoms with E-state index in [9.17, 15) is 0 Å². The highest BCUT2D eigenvalue weighted by molar-refractivity contribution is 6.00. The molecular formula is C18H21N. The van der Waals surface area contributed by atoms with Crippen molar-refractivity contribution in [1.82, 2.24) is 0 Å². The number of hydrogen-bond acceptors (Lipinski definition) is 1. The molecule has 0 aliphatic heterocycles. The monoisotopic (exact) mass is 251 g/mol. The van der Waals surface area contributed by atoms with Crippen LogP contribution in [0.25, 0.3) is 0 Å². The molecule has 0 radical (unpaired) electrons. The molecule has 0 bridgehead atoms. The summed E-state index contributed by atoms with van der Waals surface area (Å²) in [4.78, 5) is 4.77. The van der Waals surface area contributed by atoms with Crippen molar-refractivity contribution in [1.29, 1.82) is 0 Å². The Morgan fingerprint density at radius 2 is 1.68 bits per heavy atom. The molecule has 0 spiro atoms. The molecule has 0 unspecified atom stereocenters. The lowest BCUT2D eigenvalue weighted by Crippen LogP contribution is -2.01. The normalized spacial score (nSPS) is 11.6. The quantitative estimate of drug-likeness (QED) is 0.698. The molecule has 98 valence electrons. The standard InChI is InChI=1S/C18H21N/c1-4-18(17-11-10-14(2)15(3)12-17)19-13-16-8-6-5-7-9-16/h5-12H,4,13H2,1-3H3/b19-18+. The van der Waals surface area contributed by atoms with E-state index in [1.54, 1.807) is 0 Å². The topological polar surface area (TPSA) is 12.4 Å². The van der Waals surface area contributed by atoms with Crippen LogP contribution in [0.5, 0.6) is 0 Å². The van der Waals surface area contributed by atoms with Crippen LogP contribution in [0.3, 0.4) is 0 Å². The Kier molecular flexibility index (Phi) is 4.51. The van der Waals surface area contributed by atoms with Crippen molar-refractivity contribution in [3.63, 3.8) is 0 Å². The van der Waals surface area contributed by atoms with E-state index in [4.69, 9.17) is 4.99 Å². The summed E-state index contributed by atoms with van der Waals surface area (Å²) in [6.45, 7) is 7.23. The zero-order valence-electron chi connectivity index (χ0n) is 12.0. The molecule has 1 heteroatoms. The van der Waals surface area contributed by atoms with Crippen LogP contribution < -0.4 is 0 Å². The lowest BCUT2D eigenvalue weighted by Gasteiger charge is -2.07. The Morgan fingerprint density at radius 3 is 2.32 bits per heavy atom. The molecule has 1 nitrogen and oxygen atoms in total. The van der Waals surface area contributed by atoms with Gasteiger partial charge in [0.25, 0.3) is 0 Å². The van der Waals surface area contributed by atoms with Gasteiger partial charge in [0.2, 0.25) is 0 Å². The van der Waals surface area contributed by atoms with Crippen molar-refractivity contribution in [3.05, 3.63) is 70.8 Å². The minimum absolute atomic E-state index is 0.761. The summed E-state index contributed by atoms with van der Waals surface area (Å²) in [6.07, 6.45) is 0.968. The largest absolute Gasteiger partial charge is 0.284 e. The van der Waals surface area contributed by atoms with Gasteiger partial charge in [-0.15, -0.1) is 0 Å². The van der Waals surface area contributed by atoms with Gasteiger partial charge in [-0.1, -0.05) is 49.4 Å². The minimum Gasteiger partial charge on any atom is -0.284 e. The van der Waals surface area contributed by atoms with E-state index in [0.29, 0.717) is 0 Å². The molecule has 0 aromatic heterocycles. The van der Waals surface area contributed by atoms with E-state index in [1.807, 2.05) is 6.07 Å². The third-order valence-electron chi connectivity index (χ3n) is 3.47. The van der Waals surface area contributed by atoms with Gasteiger partial charge in [0.1, 0.15) is 0 Å². The fraction of sp³-hybridized carbons (Fsp3) is 0.278. The van der Waals surface area contributed by atoms with Crippen LogP contribution in [0.1, 0.15) is 35.6 Å². The van der Waals surface area contributed by atoms with Gasteiger partial charge in [0, 0.05) is 5.71 Å². The average Bonchev–Trinajstić information content (AvgIpc) is 2.44. The SMILES string of the molecule is CC/C(=N\Cc1ccccc1)c1ccc(C)c(C)c1. The highest BCUT2D eigenvalue weighted by Crippen LogP contribution is 2.13. The van der Waals surface area contributed by atoms with Crippen LogP contribution in [-0.2, 0) is 6.54 Å². The van der Waals surface area contributed by atoms with Crippen LogP contribution in [0.4, 0.5) is 0 Å². The smallest absolute Gasteiger partial charge is 0.0643 e. The Bertz CT molecular complexity index is 567. The maximum absolute atomic E-state index is 4.77. The predicted molar refractivity (Wildman–Crippen MR) is 82.9 cm³/mol. The third-order valence-corrected chi connectivity index (χ3v) is 3.47. The number of aryl methyl sites for hydroxylation is 2. The summed E-state index contributed by atoms with van der Waals surface area (Å²) in [6, 6.07) is 17.0. The van der Waals surface area contributed by atoms with Crippen LogP contribution in [-0.4, -0.2) is 5.71 Å². The van der Waals surface area contributed by atoms with E-state index >= 15 is 0 Å². The van der Waals surface area contributed by atoms with Gasteiger partial charge >= 0.3 is 0 Å². The first kappa shape index (κ1) is 13.5. The summed E-state index contributed by atoms with van der Waals surface area (Å²) in [5, 5.41) is 0. The number of rotatable bonds is 4. The molecule has 2 aromatic rings. The second-order valence-electron chi connectivity index (χ2n) is 4.90. The summed E-state index contributed by atoms with van der Waals surface area (Å²) in [5.74, 6) is 0. The fourth-order valence-corrected chi connectivity index (χ4v) is 2.10. The van der Waals surface area contributed by atoms with Gasteiger partial charge in [-0.05, 0) is 48.6 Å². The molecular weight excluding hydrogens is 230 g/mol. The van der Waals surface area contributed by atoms with Crippen molar-refractivity contribution in [2.45, 2.75) is 33.7 Å². The summed E-state index contributed by atoms with van der Waals surface area (Å²) < 4.78 is 0. The Morgan fingerprint density at radius 1 is 0.947 bits per heavy atom. The first-order valence-electron chi connectivity index (χ1n) is 6.85. The highest BCUT2D eigenvalue weighted by Gasteiger charge is 2.02. The summed E-state index contributed by atoms with van der Waals surface area (Å²) >= 11 is 0. The van der Waals surface area contributed by atoms with E-state index in [-0.39, 0.29) is 0 Å². The van der Waals surface area contributed by atoms with Crippen molar-refractivity contribution >= 4 is 5.71 Å². The molecule has 0 atom stereocenters. The van der Waals surface area contributed by atoms with Gasteiger partial charge in [0.05, 0.1) is 6.54 Å². The Labute approximate surface area is 116 Å². The van der Waals surface area contributed by atoms with Crippen molar-refractivity contribution in [3.8, 4) is 0 Å². The van der Waals surface area contributed by atoms with Crippen molar-refractivity contribution < 1.29 is 0 Å². The predicted octanol–water partition coefficient (Wildman–Crippen LogP) is 4.70. The molecule has 2 aromatic carbocycles. The van der Waals surface area contributed by atoms with E-state index in [0.717, 1.165) is 13.0 Å². The van der Waals surface area contributed by atoms with E-state index in [1.165, 1.54) is 28.0 Å². The molecule has 0 aliphatic rings. The molecule has 0 saturated carbocycles. The second-order valence-corrected chi connectivity index (χ2v) is 4.90. The first-order valence-corrected chi connectivity index (χ1v) is 6.85. The van der Waals surface area contributed by atoms with Crippen LogP contribution >= 0.6 is 0 Å².